The van der Waals surface area contributed by atoms with E-state index in [0.29, 0.717) is 6.54 Å². The van der Waals surface area contributed by atoms with Crippen LogP contribution in [0.4, 0.5) is 0 Å². The normalized spacial score (nSPS) is 10.6. The van der Waals surface area contributed by atoms with Crippen molar-refractivity contribution in [2.45, 2.75) is 26.4 Å². The molecule has 2 aromatic rings. The third kappa shape index (κ3) is 3.45. The van der Waals surface area contributed by atoms with E-state index in [1.54, 1.807) is 6.07 Å². The summed E-state index contributed by atoms with van der Waals surface area (Å²) in [7, 11) is 1.35. The van der Waals surface area contributed by atoms with Crippen molar-refractivity contribution in [2.24, 2.45) is 0 Å². The van der Waals surface area contributed by atoms with Crippen molar-refractivity contribution in [2.75, 3.05) is 7.11 Å². The molecule has 1 N–H and O–H groups in total. The average Bonchev–Trinajstić information content (AvgIpc) is 3.06. The minimum absolute atomic E-state index is 0.274. The van der Waals surface area contributed by atoms with Crippen molar-refractivity contribution in [3.63, 3.8) is 0 Å². The lowest BCUT2D eigenvalue weighted by atomic mass is 10.2. The van der Waals surface area contributed by atoms with Crippen LogP contribution in [0.25, 0.3) is 0 Å². The maximum Gasteiger partial charge on any atom is 0.374 e. The largest absolute Gasteiger partial charge is 0.463 e. The van der Waals surface area contributed by atoms with E-state index in [1.807, 2.05) is 11.3 Å². The maximum absolute atomic E-state index is 11.4. The van der Waals surface area contributed by atoms with Crippen LogP contribution in [0.3, 0.4) is 0 Å². The first-order valence-electron chi connectivity index (χ1n) is 6.17. The number of nitrogens with one attached hydrogen (secondary N) is 1. The standard InChI is InChI=1S/C14H17NO3S/c1-3-11-4-5-12(19-11)9-15-8-10-6-7-18-13(10)14(16)17-2/h4-7,15H,3,8-9H2,1-2H3. The summed E-state index contributed by atoms with van der Waals surface area (Å²) in [6.07, 6.45) is 2.57. The summed E-state index contributed by atoms with van der Waals surface area (Å²) in [6, 6.07) is 6.07. The Hall–Kier alpha value is -1.59. The highest BCUT2D eigenvalue weighted by molar-refractivity contribution is 7.11. The number of rotatable bonds is 6. The van der Waals surface area contributed by atoms with Gasteiger partial charge in [-0.1, -0.05) is 6.92 Å². The molecule has 0 aromatic carbocycles. The van der Waals surface area contributed by atoms with Crippen molar-refractivity contribution >= 4 is 17.3 Å². The van der Waals surface area contributed by atoms with Crippen molar-refractivity contribution < 1.29 is 13.9 Å². The van der Waals surface area contributed by atoms with Crippen LogP contribution < -0.4 is 5.32 Å². The molecule has 4 nitrogen and oxygen atoms in total. The first kappa shape index (κ1) is 13.8. The molecule has 0 atom stereocenters. The molecule has 0 aliphatic rings. The molecule has 0 fully saturated rings. The van der Waals surface area contributed by atoms with Gasteiger partial charge in [-0.05, 0) is 24.6 Å². The fourth-order valence-corrected chi connectivity index (χ4v) is 2.70. The number of thiophene rings is 1. The van der Waals surface area contributed by atoms with Crippen molar-refractivity contribution in [1.29, 1.82) is 0 Å². The Bertz CT molecular complexity index is 544. The molecule has 0 aliphatic carbocycles. The minimum atomic E-state index is -0.439. The van der Waals surface area contributed by atoms with E-state index in [4.69, 9.17) is 4.42 Å². The Kier molecular flexibility index (Phi) is 4.76. The summed E-state index contributed by atoms with van der Waals surface area (Å²) in [5, 5.41) is 3.30. The summed E-state index contributed by atoms with van der Waals surface area (Å²) >= 11 is 1.81. The first-order valence-corrected chi connectivity index (χ1v) is 6.99. The Morgan fingerprint density at radius 2 is 2.11 bits per heavy atom. The summed E-state index contributed by atoms with van der Waals surface area (Å²) in [5.74, 6) is -0.165. The van der Waals surface area contributed by atoms with Crippen LogP contribution in [0, 0.1) is 0 Å². The van der Waals surface area contributed by atoms with Crippen LogP contribution in [0.2, 0.25) is 0 Å². The smallest absolute Gasteiger partial charge is 0.374 e. The molecule has 0 aliphatic heterocycles. The Morgan fingerprint density at radius 3 is 2.79 bits per heavy atom. The predicted molar refractivity (Wildman–Crippen MR) is 74.3 cm³/mol. The molecule has 2 rings (SSSR count). The number of aryl methyl sites for hydroxylation is 1. The molecule has 2 heterocycles. The van der Waals surface area contributed by atoms with Gasteiger partial charge in [0, 0.05) is 28.4 Å². The molecule has 0 saturated heterocycles. The molecule has 0 saturated carbocycles. The van der Waals surface area contributed by atoms with Gasteiger partial charge in [0.2, 0.25) is 5.76 Å². The second kappa shape index (κ2) is 6.54. The van der Waals surface area contributed by atoms with Crippen molar-refractivity contribution in [3.05, 3.63) is 45.5 Å². The van der Waals surface area contributed by atoms with Gasteiger partial charge in [-0.3, -0.25) is 0 Å². The monoisotopic (exact) mass is 279 g/mol. The molecule has 0 amide bonds. The highest BCUT2D eigenvalue weighted by atomic mass is 32.1. The summed E-state index contributed by atoms with van der Waals surface area (Å²) in [6.45, 7) is 3.52. The van der Waals surface area contributed by atoms with E-state index in [1.165, 1.54) is 23.1 Å². The molecule has 0 radical (unpaired) electrons. The number of carbonyl (C=O) groups is 1. The van der Waals surface area contributed by atoms with Gasteiger partial charge in [0.25, 0.3) is 0 Å². The summed E-state index contributed by atoms with van der Waals surface area (Å²) in [4.78, 5) is 14.1. The molecule has 5 heteroatoms. The number of hydrogen-bond acceptors (Lipinski definition) is 5. The zero-order valence-electron chi connectivity index (χ0n) is 11.1. The molecule has 0 spiro atoms. The van der Waals surface area contributed by atoms with Crippen molar-refractivity contribution in [3.8, 4) is 0 Å². The summed E-state index contributed by atoms with van der Waals surface area (Å²) in [5.41, 5.74) is 0.819. The number of ether oxygens (including phenoxy) is 1. The number of hydrogen-bond donors (Lipinski definition) is 1. The zero-order valence-corrected chi connectivity index (χ0v) is 11.9. The number of esters is 1. The highest BCUT2D eigenvalue weighted by Crippen LogP contribution is 2.17. The van der Waals surface area contributed by atoms with Crippen molar-refractivity contribution in [1.82, 2.24) is 5.32 Å². The van der Waals surface area contributed by atoms with Crippen LogP contribution in [0.5, 0.6) is 0 Å². The van der Waals surface area contributed by atoms with Gasteiger partial charge in [0.1, 0.15) is 0 Å². The van der Waals surface area contributed by atoms with Gasteiger partial charge in [0.05, 0.1) is 13.4 Å². The molecule has 19 heavy (non-hydrogen) atoms. The van der Waals surface area contributed by atoms with Gasteiger partial charge in [0.15, 0.2) is 0 Å². The molecule has 2 aromatic heterocycles. The quantitative estimate of drug-likeness (QED) is 0.826. The second-order valence-electron chi connectivity index (χ2n) is 4.09. The molecular weight excluding hydrogens is 262 g/mol. The molecule has 102 valence electrons. The topological polar surface area (TPSA) is 51.5 Å². The third-order valence-corrected chi connectivity index (χ3v) is 4.03. The maximum atomic E-state index is 11.4. The van der Waals surface area contributed by atoms with E-state index >= 15 is 0 Å². The average molecular weight is 279 g/mol. The Morgan fingerprint density at radius 1 is 1.32 bits per heavy atom. The second-order valence-corrected chi connectivity index (χ2v) is 5.34. The van der Waals surface area contributed by atoms with Crippen LogP contribution in [-0.4, -0.2) is 13.1 Å². The van der Waals surface area contributed by atoms with E-state index in [2.05, 4.69) is 29.1 Å². The van der Waals surface area contributed by atoms with Crippen LogP contribution in [-0.2, 0) is 24.2 Å². The number of carbonyl (C=O) groups excluding carboxylic acids is 1. The summed E-state index contributed by atoms with van der Waals surface area (Å²) < 4.78 is 9.79. The van der Waals surface area contributed by atoms with E-state index in [9.17, 15) is 4.79 Å². The predicted octanol–water partition coefficient (Wildman–Crippen LogP) is 2.98. The van der Waals surface area contributed by atoms with Crippen LogP contribution in [0.1, 0.15) is 32.8 Å². The molecule has 0 bridgehead atoms. The van der Waals surface area contributed by atoms with Gasteiger partial charge >= 0.3 is 5.97 Å². The fourth-order valence-electron chi connectivity index (χ4n) is 1.77. The van der Waals surface area contributed by atoms with E-state index < -0.39 is 5.97 Å². The lowest BCUT2D eigenvalue weighted by Gasteiger charge is -2.03. The molecular formula is C14H17NO3S. The highest BCUT2D eigenvalue weighted by Gasteiger charge is 2.15. The van der Waals surface area contributed by atoms with E-state index in [0.717, 1.165) is 18.5 Å². The van der Waals surface area contributed by atoms with Crippen LogP contribution in [0.15, 0.2) is 28.9 Å². The molecule has 0 unspecified atom stereocenters. The van der Waals surface area contributed by atoms with Gasteiger partial charge in [-0.15, -0.1) is 11.3 Å². The van der Waals surface area contributed by atoms with E-state index in [-0.39, 0.29) is 5.76 Å². The fraction of sp³-hybridized carbons (Fsp3) is 0.357. The lowest BCUT2D eigenvalue weighted by molar-refractivity contribution is 0.0563. The zero-order chi connectivity index (χ0) is 13.7. The number of methoxy groups -OCH3 is 1. The first-order chi connectivity index (χ1) is 9.24. The SMILES string of the molecule is CCc1ccc(CNCc2ccoc2C(=O)OC)s1. The Labute approximate surface area is 116 Å². The number of furan rings is 1. The van der Waals surface area contributed by atoms with Gasteiger partial charge < -0.3 is 14.5 Å². The minimum Gasteiger partial charge on any atom is -0.463 e. The Balaban J connectivity index is 1.89. The lowest BCUT2D eigenvalue weighted by Crippen LogP contribution is -2.14. The third-order valence-electron chi connectivity index (χ3n) is 2.80. The van der Waals surface area contributed by atoms with Crippen LogP contribution >= 0.6 is 11.3 Å². The van der Waals surface area contributed by atoms with Gasteiger partial charge in [-0.2, -0.15) is 0 Å². The van der Waals surface area contributed by atoms with Gasteiger partial charge in [-0.25, -0.2) is 4.79 Å².